The highest BCUT2D eigenvalue weighted by Crippen LogP contribution is 2.41. The van der Waals surface area contributed by atoms with Crippen LogP contribution in [0, 0.1) is 11.3 Å². The van der Waals surface area contributed by atoms with E-state index in [-0.39, 0.29) is 24.4 Å². The largest absolute Gasteiger partial charge is 0.347 e. The highest BCUT2D eigenvalue weighted by atomic mass is 16.2. The smallest absolute Gasteiger partial charge is 0.313 e. The van der Waals surface area contributed by atoms with Crippen LogP contribution in [-0.4, -0.2) is 82.4 Å². The molecule has 6 atom stereocenters. The summed E-state index contributed by atoms with van der Waals surface area (Å²) in [6.45, 7) is 8.67. The van der Waals surface area contributed by atoms with E-state index in [1.54, 1.807) is 56.0 Å². The Morgan fingerprint density at radius 2 is 1.52 bits per heavy atom. The fourth-order valence-electron chi connectivity index (χ4n) is 6.58. The summed E-state index contributed by atoms with van der Waals surface area (Å²) in [5, 5.41) is 13.1. The van der Waals surface area contributed by atoms with Crippen LogP contribution >= 0.6 is 0 Å². The van der Waals surface area contributed by atoms with Gasteiger partial charge >= 0.3 is 11.8 Å². The standard InChI is InChI=1S/C35H50N6O7/c1-6-12-24(27(42)31(45)37-23-17-18-23)39-30(44)26-19-21-13-10-11-16-25(21)41(26)34(48)28(35(3,4)5)40-29(43)20(2)36-32(46)33(47)38-22-14-8-7-9-15-22/h7-9,14-15,20-21,23-26,28H,6,10-13,16-19H2,1-5H3,(H,36,46)(H,37,45)(H,38,47)(H,39,44)(H,40,43)/t20-,21?,24-,25?,26-,28+/m0/s1. The maximum absolute atomic E-state index is 14.5. The van der Waals surface area contributed by atoms with Crippen LogP contribution in [0.4, 0.5) is 5.69 Å². The number of nitrogens with one attached hydrogen (secondary N) is 5. The van der Waals surface area contributed by atoms with Crippen molar-refractivity contribution in [2.75, 3.05) is 5.32 Å². The van der Waals surface area contributed by atoms with E-state index in [4.69, 9.17) is 0 Å². The van der Waals surface area contributed by atoms with E-state index >= 15 is 0 Å². The number of hydrogen-bond donors (Lipinski definition) is 5. The molecule has 1 aromatic carbocycles. The average Bonchev–Trinajstić information content (AvgIpc) is 3.77. The third-order valence-corrected chi connectivity index (χ3v) is 9.37. The first-order chi connectivity index (χ1) is 22.7. The van der Waals surface area contributed by atoms with Crippen molar-refractivity contribution in [1.29, 1.82) is 0 Å². The summed E-state index contributed by atoms with van der Waals surface area (Å²) in [6.07, 6.45) is 6.32. The van der Waals surface area contributed by atoms with Crippen molar-refractivity contribution in [3.05, 3.63) is 30.3 Å². The highest BCUT2D eigenvalue weighted by Gasteiger charge is 2.51. The molecule has 13 nitrogen and oxygen atoms in total. The number of carbonyl (C=O) groups is 7. The first kappa shape index (κ1) is 36.5. The van der Waals surface area contributed by atoms with Crippen LogP contribution in [0.15, 0.2) is 30.3 Å². The van der Waals surface area contributed by atoms with Gasteiger partial charge in [0.1, 0.15) is 18.1 Å². The summed E-state index contributed by atoms with van der Waals surface area (Å²) in [5.74, 6) is -4.87. The lowest BCUT2D eigenvalue weighted by molar-refractivity contribution is -0.147. The van der Waals surface area contributed by atoms with Crippen molar-refractivity contribution < 1.29 is 33.6 Å². The normalized spacial score (nSPS) is 22.3. The lowest BCUT2D eigenvalue weighted by atomic mass is 9.83. The predicted octanol–water partition coefficient (Wildman–Crippen LogP) is 1.95. The minimum absolute atomic E-state index is 0.00229. The number of carbonyl (C=O) groups excluding carboxylic acids is 7. The average molecular weight is 667 g/mol. The number of fused-ring (bicyclic) bond motifs is 1. The molecule has 3 fully saturated rings. The van der Waals surface area contributed by atoms with E-state index in [0.29, 0.717) is 24.9 Å². The molecule has 5 N–H and O–H groups in total. The van der Waals surface area contributed by atoms with Crippen molar-refractivity contribution in [2.24, 2.45) is 11.3 Å². The topological polar surface area (TPSA) is 183 Å². The molecule has 1 saturated heterocycles. The first-order valence-corrected chi connectivity index (χ1v) is 17.2. The van der Waals surface area contributed by atoms with Gasteiger partial charge in [0, 0.05) is 17.8 Å². The van der Waals surface area contributed by atoms with Gasteiger partial charge in [0.25, 0.3) is 5.91 Å². The Labute approximate surface area is 282 Å². The molecule has 1 aromatic rings. The van der Waals surface area contributed by atoms with Gasteiger partial charge in [0.15, 0.2) is 0 Å². The van der Waals surface area contributed by atoms with Gasteiger partial charge < -0.3 is 31.5 Å². The van der Waals surface area contributed by atoms with Crippen LogP contribution in [0.1, 0.15) is 92.4 Å². The quantitative estimate of drug-likeness (QED) is 0.211. The van der Waals surface area contributed by atoms with Gasteiger partial charge in [-0.25, -0.2) is 0 Å². The fraction of sp³-hybridized carbons (Fsp3) is 0.629. The molecule has 0 spiro atoms. The molecule has 0 radical (unpaired) electrons. The molecule has 13 heteroatoms. The Morgan fingerprint density at radius 1 is 0.854 bits per heavy atom. The van der Waals surface area contributed by atoms with Gasteiger partial charge in [-0.15, -0.1) is 0 Å². The zero-order chi connectivity index (χ0) is 35.2. The number of nitrogens with zero attached hydrogens (tertiary/aromatic N) is 1. The monoisotopic (exact) mass is 666 g/mol. The third-order valence-electron chi connectivity index (χ3n) is 9.37. The maximum Gasteiger partial charge on any atom is 0.313 e. The van der Waals surface area contributed by atoms with E-state index in [9.17, 15) is 33.6 Å². The summed E-state index contributed by atoms with van der Waals surface area (Å²) in [5.41, 5.74) is -0.374. The predicted molar refractivity (Wildman–Crippen MR) is 178 cm³/mol. The number of para-hydroxylation sites is 1. The van der Waals surface area contributed by atoms with Gasteiger partial charge in [0.2, 0.25) is 23.5 Å². The van der Waals surface area contributed by atoms with Gasteiger partial charge in [-0.05, 0) is 68.9 Å². The zero-order valence-corrected chi connectivity index (χ0v) is 28.6. The number of likely N-dealkylation sites (tertiary alicyclic amines) is 1. The SMILES string of the molecule is CCC[C@H](NC(=O)[C@@H]1CC2CCCCC2N1C(=O)[C@@H](NC(=O)[C@H](C)NC(=O)C(=O)Nc1ccccc1)C(C)(C)C)C(=O)C(=O)NC1CC1. The number of rotatable bonds is 12. The van der Waals surface area contributed by atoms with E-state index in [0.717, 1.165) is 32.1 Å². The van der Waals surface area contributed by atoms with Gasteiger partial charge in [0.05, 0.1) is 6.04 Å². The summed E-state index contributed by atoms with van der Waals surface area (Å²) < 4.78 is 0. The summed E-state index contributed by atoms with van der Waals surface area (Å²) in [6, 6.07) is 4.07. The highest BCUT2D eigenvalue weighted by molar-refractivity contribution is 6.40. The number of ketones is 1. The van der Waals surface area contributed by atoms with Crippen LogP contribution in [0.5, 0.6) is 0 Å². The fourth-order valence-corrected chi connectivity index (χ4v) is 6.58. The molecule has 2 unspecified atom stereocenters. The molecule has 6 amide bonds. The van der Waals surface area contributed by atoms with Crippen molar-refractivity contribution in [3.8, 4) is 0 Å². The lowest BCUT2D eigenvalue weighted by Gasteiger charge is -2.40. The van der Waals surface area contributed by atoms with Crippen molar-refractivity contribution >= 4 is 46.9 Å². The Morgan fingerprint density at radius 3 is 2.15 bits per heavy atom. The number of anilines is 1. The number of amides is 6. The van der Waals surface area contributed by atoms with Gasteiger partial charge in [-0.1, -0.05) is 65.2 Å². The maximum atomic E-state index is 14.5. The zero-order valence-electron chi connectivity index (χ0n) is 28.6. The van der Waals surface area contributed by atoms with E-state index in [2.05, 4.69) is 26.6 Å². The van der Waals surface area contributed by atoms with Crippen LogP contribution in [0.25, 0.3) is 0 Å². The molecule has 1 aliphatic heterocycles. The molecular formula is C35H50N6O7. The molecule has 2 saturated carbocycles. The minimum atomic E-state index is -1.15. The summed E-state index contributed by atoms with van der Waals surface area (Å²) in [7, 11) is 0. The number of Topliss-reactive ketones (excluding diaryl/α,β-unsaturated/α-hetero) is 1. The molecule has 262 valence electrons. The third kappa shape index (κ3) is 9.19. The molecule has 48 heavy (non-hydrogen) atoms. The van der Waals surface area contributed by atoms with E-state index < -0.39 is 70.8 Å². The molecule has 2 aliphatic carbocycles. The van der Waals surface area contributed by atoms with Gasteiger partial charge in [-0.2, -0.15) is 0 Å². The number of benzene rings is 1. The van der Waals surface area contributed by atoms with Crippen molar-refractivity contribution in [3.63, 3.8) is 0 Å². The molecular weight excluding hydrogens is 616 g/mol. The second-order valence-electron chi connectivity index (χ2n) is 14.4. The van der Waals surface area contributed by atoms with Crippen LogP contribution < -0.4 is 26.6 Å². The van der Waals surface area contributed by atoms with E-state index in [1.165, 1.54) is 6.92 Å². The van der Waals surface area contributed by atoms with Crippen molar-refractivity contribution in [1.82, 2.24) is 26.2 Å². The Kier molecular flexibility index (Phi) is 12.0. The second kappa shape index (κ2) is 15.7. The molecule has 4 rings (SSSR count). The van der Waals surface area contributed by atoms with Crippen LogP contribution in [-0.2, 0) is 33.6 Å². The summed E-state index contributed by atoms with van der Waals surface area (Å²) >= 11 is 0. The molecule has 3 aliphatic rings. The lowest BCUT2D eigenvalue weighted by Crippen LogP contribution is -2.62. The molecule has 0 aromatic heterocycles. The number of hydrogen-bond acceptors (Lipinski definition) is 7. The van der Waals surface area contributed by atoms with Crippen LogP contribution in [0.2, 0.25) is 0 Å². The van der Waals surface area contributed by atoms with Gasteiger partial charge in [-0.3, -0.25) is 33.6 Å². The van der Waals surface area contributed by atoms with Crippen LogP contribution in [0.3, 0.4) is 0 Å². The Balaban J connectivity index is 1.48. The molecule has 0 bridgehead atoms. The Hall–Kier alpha value is -4.29. The minimum Gasteiger partial charge on any atom is -0.347 e. The van der Waals surface area contributed by atoms with E-state index in [1.807, 2.05) is 6.92 Å². The molecule has 1 heterocycles. The second-order valence-corrected chi connectivity index (χ2v) is 14.4. The summed E-state index contributed by atoms with van der Waals surface area (Å²) in [4.78, 5) is 94.0. The first-order valence-electron chi connectivity index (χ1n) is 17.2. The Bertz CT molecular complexity index is 1390. The van der Waals surface area contributed by atoms with Crippen molar-refractivity contribution in [2.45, 2.75) is 129 Å².